The molecule has 0 aliphatic rings. The molecule has 0 fully saturated rings. The van der Waals surface area contributed by atoms with Crippen LogP contribution < -0.4 is 5.32 Å². The van der Waals surface area contributed by atoms with Gasteiger partial charge in [0.1, 0.15) is 0 Å². The summed E-state index contributed by atoms with van der Waals surface area (Å²) in [6.45, 7) is 3.04. The van der Waals surface area contributed by atoms with Gasteiger partial charge in [-0.25, -0.2) is 0 Å². The number of nitrogens with zero attached hydrogens (tertiary/aromatic N) is 1. The lowest BCUT2D eigenvalue weighted by molar-refractivity contribution is -0.385. The Kier molecular flexibility index (Phi) is 6.97. The second-order valence-electron chi connectivity index (χ2n) is 4.12. The standard InChI is InChI=1S/C13H17ClN2O4/c1-2-20-13(17)4-3-7-15-9-10-8-11(14)5-6-12(10)16(18)19/h5-6,8,15H,2-4,7,9H2,1H3. The first-order chi connectivity index (χ1) is 9.54. The van der Waals surface area contributed by atoms with Crippen LogP contribution in [0.4, 0.5) is 5.69 Å². The monoisotopic (exact) mass is 300 g/mol. The number of hydrogen-bond donors (Lipinski definition) is 1. The van der Waals surface area contributed by atoms with Crippen LogP contribution in [0.2, 0.25) is 5.02 Å². The van der Waals surface area contributed by atoms with Gasteiger partial charge in [0, 0.05) is 29.6 Å². The SMILES string of the molecule is CCOC(=O)CCCNCc1cc(Cl)ccc1[N+](=O)[O-]. The predicted molar refractivity (Wildman–Crippen MR) is 75.7 cm³/mol. The minimum atomic E-state index is -0.439. The molecule has 0 unspecified atom stereocenters. The fourth-order valence-corrected chi connectivity index (χ4v) is 1.88. The van der Waals surface area contributed by atoms with Crippen molar-refractivity contribution in [1.29, 1.82) is 0 Å². The third-order valence-corrected chi connectivity index (χ3v) is 2.83. The van der Waals surface area contributed by atoms with E-state index in [4.69, 9.17) is 16.3 Å². The lowest BCUT2D eigenvalue weighted by atomic mass is 10.2. The highest BCUT2D eigenvalue weighted by Gasteiger charge is 2.13. The normalized spacial score (nSPS) is 10.3. The Labute approximate surface area is 122 Å². The zero-order valence-corrected chi connectivity index (χ0v) is 12.0. The van der Waals surface area contributed by atoms with Gasteiger partial charge >= 0.3 is 5.97 Å². The quantitative estimate of drug-likeness (QED) is 0.345. The van der Waals surface area contributed by atoms with Gasteiger partial charge in [-0.15, -0.1) is 0 Å². The van der Waals surface area contributed by atoms with Crippen molar-refractivity contribution in [3.05, 3.63) is 38.9 Å². The number of ether oxygens (including phenoxy) is 1. The predicted octanol–water partition coefficient (Wildman–Crippen LogP) is 2.68. The third kappa shape index (κ3) is 5.54. The van der Waals surface area contributed by atoms with E-state index in [2.05, 4.69) is 5.32 Å². The van der Waals surface area contributed by atoms with E-state index in [-0.39, 0.29) is 11.7 Å². The summed E-state index contributed by atoms with van der Waals surface area (Å²) >= 11 is 5.83. The smallest absolute Gasteiger partial charge is 0.305 e. The maximum absolute atomic E-state index is 11.1. The molecule has 1 aromatic rings. The van der Waals surface area contributed by atoms with Crippen LogP contribution >= 0.6 is 11.6 Å². The molecule has 1 aromatic carbocycles. The third-order valence-electron chi connectivity index (χ3n) is 2.59. The van der Waals surface area contributed by atoms with Crippen molar-refractivity contribution in [3.8, 4) is 0 Å². The number of benzene rings is 1. The molecule has 6 nitrogen and oxygen atoms in total. The van der Waals surface area contributed by atoms with Crippen LogP contribution in [-0.2, 0) is 16.1 Å². The Bertz CT molecular complexity index is 479. The maximum Gasteiger partial charge on any atom is 0.305 e. The highest BCUT2D eigenvalue weighted by atomic mass is 35.5. The Morgan fingerprint density at radius 3 is 2.90 bits per heavy atom. The largest absolute Gasteiger partial charge is 0.466 e. The number of nitro groups is 1. The molecule has 0 radical (unpaired) electrons. The lowest BCUT2D eigenvalue weighted by Gasteiger charge is -2.06. The van der Waals surface area contributed by atoms with E-state index in [1.54, 1.807) is 13.0 Å². The summed E-state index contributed by atoms with van der Waals surface area (Å²) in [5, 5.41) is 14.4. The molecule has 0 bridgehead atoms. The number of esters is 1. The van der Waals surface area contributed by atoms with Crippen molar-refractivity contribution in [2.24, 2.45) is 0 Å². The first-order valence-electron chi connectivity index (χ1n) is 6.33. The van der Waals surface area contributed by atoms with Gasteiger partial charge in [-0.2, -0.15) is 0 Å². The number of rotatable bonds is 8. The number of halogens is 1. The fraction of sp³-hybridized carbons (Fsp3) is 0.462. The molecule has 0 amide bonds. The highest BCUT2D eigenvalue weighted by Crippen LogP contribution is 2.22. The summed E-state index contributed by atoms with van der Waals surface area (Å²) in [4.78, 5) is 21.5. The lowest BCUT2D eigenvalue weighted by Crippen LogP contribution is -2.17. The van der Waals surface area contributed by atoms with Gasteiger partial charge in [0.2, 0.25) is 0 Å². The van der Waals surface area contributed by atoms with Crippen LogP contribution in [0.3, 0.4) is 0 Å². The first-order valence-corrected chi connectivity index (χ1v) is 6.71. The van der Waals surface area contributed by atoms with Crippen LogP contribution in [0.25, 0.3) is 0 Å². The molecule has 0 saturated carbocycles. The molecular formula is C13H17ClN2O4. The van der Waals surface area contributed by atoms with E-state index in [9.17, 15) is 14.9 Å². The Morgan fingerprint density at radius 1 is 1.50 bits per heavy atom. The van der Waals surface area contributed by atoms with Gasteiger partial charge in [0.05, 0.1) is 11.5 Å². The summed E-state index contributed by atoms with van der Waals surface area (Å²) < 4.78 is 4.80. The molecule has 1 N–H and O–H groups in total. The van der Waals surface area contributed by atoms with Crippen LogP contribution in [-0.4, -0.2) is 24.0 Å². The van der Waals surface area contributed by atoms with Crippen molar-refractivity contribution in [1.82, 2.24) is 5.32 Å². The van der Waals surface area contributed by atoms with Gasteiger partial charge in [0.25, 0.3) is 5.69 Å². The summed E-state index contributed by atoms with van der Waals surface area (Å²) in [7, 11) is 0. The molecule has 0 aliphatic carbocycles. The van der Waals surface area contributed by atoms with E-state index in [0.717, 1.165) is 0 Å². The van der Waals surface area contributed by atoms with E-state index in [0.29, 0.717) is 43.1 Å². The molecule has 1 rings (SSSR count). The molecular weight excluding hydrogens is 284 g/mol. The minimum absolute atomic E-state index is 0.0345. The van der Waals surface area contributed by atoms with Crippen LogP contribution in [0.15, 0.2) is 18.2 Å². The Balaban J connectivity index is 2.40. The molecule has 7 heteroatoms. The molecule has 0 aromatic heterocycles. The minimum Gasteiger partial charge on any atom is -0.466 e. The zero-order valence-electron chi connectivity index (χ0n) is 11.2. The fourth-order valence-electron chi connectivity index (χ4n) is 1.69. The van der Waals surface area contributed by atoms with Gasteiger partial charge in [-0.3, -0.25) is 14.9 Å². The summed E-state index contributed by atoms with van der Waals surface area (Å²) in [6, 6.07) is 4.44. The Morgan fingerprint density at radius 2 is 2.25 bits per heavy atom. The second-order valence-corrected chi connectivity index (χ2v) is 4.55. The average Bonchev–Trinajstić information content (AvgIpc) is 2.38. The van der Waals surface area contributed by atoms with Gasteiger partial charge < -0.3 is 10.1 Å². The molecule has 0 spiro atoms. The average molecular weight is 301 g/mol. The van der Waals surface area contributed by atoms with Gasteiger partial charge in [0.15, 0.2) is 0 Å². The number of hydrogen-bond acceptors (Lipinski definition) is 5. The Hall–Kier alpha value is -1.66. The number of nitrogens with one attached hydrogen (secondary N) is 1. The van der Waals surface area contributed by atoms with Crippen molar-refractivity contribution in [2.75, 3.05) is 13.2 Å². The topological polar surface area (TPSA) is 81.5 Å². The molecule has 0 atom stereocenters. The van der Waals surface area contributed by atoms with Crippen molar-refractivity contribution in [2.45, 2.75) is 26.3 Å². The van der Waals surface area contributed by atoms with Crippen LogP contribution in [0.1, 0.15) is 25.3 Å². The van der Waals surface area contributed by atoms with Crippen molar-refractivity contribution < 1.29 is 14.5 Å². The summed E-state index contributed by atoms with van der Waals surface area (Å²) in [5.41, 5.74) is 0.561. The number of nitro benzene ring substituents is 1. The number of carbonyl (C=O) groups is 1. The first kappa shape index (κ1) is 16.4. The molecule has 0 aliphatic heterocycles. The van der Waals surface area contributed by atoms with Crippen molar-refractivity contribution in [3.63, 3.8) is 0 Å². The summed E-state index contributed by atoms with van der Waals surface area (Å²) in [6.07, 6.45) is 0.950. The van der Waals surface area contributed by atoms with Crippen LogP contribution in [0.5, 0.6) is 0 Å². The molecule has 0 heterocycles. The van der Waals surface area contributed by atoms with Crippen molar-refractivity contribution >= 4 is 23.3 Å². The number of carbonyl (C=O) groups excluding carboxylic acids is 1. The van der Waals surface area contributed by atoms with E-state index >= 15 is 0 Å². The molecule has 20 heavy (non-hydrogen) atoms. The molecule has 110 valence electrons. The summed E-state index contributed by atoms with van der Waals surface area (Å²) in [5.74, 6) is -0.233. The van der Waals surface area contributed by atoms with E-state index < -0.39 is 4.92 Å². The maximum atomic E-state index is 11.1. The second kappa shape index (κ2) is 8.50. The zero-order chi connectivity index (χ0) is 15.0. The van der Waals surface area contributed by atoms with Crippen LogP contribution in [0, 0.1) is 10.1 Å². The molecule has 0 saturated heterocycles. The van der Waals surface area contributed by atoms with E-state index in [1.807, 2.05) is 0 Å². The van der Waals surface area contributed by atoms with Gasteiger partial charge in [-0.1, -0.05) is 11.6 Å². The highest BCUT2D eigenvalue weighted by molar-refractivity contribution is 6.30. The van der Waals surface area contributed by atoms with Gasteiger partial charge in [-0.05, 0) is 32.0 Å². The van der Waals surface area contributed by atoms with E-state index in [1.165, 1.54) is 12.1 Å².